The maximum Gasteiger partial charge on any atom is 0.325 e. The van der Waals surface area contributed by atoms with Crippen LogP contribution in [0, 0.1) is 0 Å². The summed E-state index contributed by atoms with van der Waals surface area (Å²) in [6, 6.07) is 6.50. The van der Waals surface area contributed by atoms with Gasteiger partial charge in [-0.3, -0.25) is 9.59 Å². The van der Waals surface area contributed by atoms with Crippen LogP contribution in [0.2, 0.25) is 0 Å². The van der Waals surface area contributed by atoms with Crippen molar-refractivity contribution in [2.45, 2.75) is 17.5 Å². The molecule has 1 aliphatic rings. The Labute approximate surface area is 120 Å². The minimum atomic E-state index is -1.04. The van der Waals surface area contributed by atoms with Gasteiger partial charge in [-0.25, -0.2) is 0 Å². The van der Waals surface area contributed by atoms with Gasteiger partial charge in [0, 0.05) is 17.1 Å². The van der Waals surface area contributed by atoms with Gasteiger partial charge in [0.05, 0.1) is 4.58 Å². The fourth-order valence-corrected chi connectivity index (χ4v) is 4.54. The predicted octanol–water partition coefficient (Wildman–Crippen LogP) is 2.37. The second-order valence-electron chi connectivity index (χ2n) is 4.23. The summed E-state index contributed by atoms with van der Waals surface area (Å²) in [6.07, 6.45) is 0. The second-order valence-corrected chi connectivity index (χ2v) is 6.95. The minimum Gasteiger partial charge on any atom is -0.480 e. The van der Waals surface area contributed by atoms with Crippen LogP contribution >= 0.6 is 23.5 Å². The van der Waals surface area contributed by atoms with E-state index in [4.69, 9.17) is 5.11 Å². The zero-order valence-corrected chi connectivity index (χ0v) is 12.1. The Bertz CT molecular complexity index is 469. The van der Waals surface area contributed by atoms with Crippen molar-refractivity contribution < 1.29 is 14.7 Å². The molecular weight excluding hydrogens is 282 g/mol. The van der Waals surface area contributed by atoms with Crippen molar-refractivity contribution in [1.82, 2.24) is 5.32 Å². The van der Waals surface area contributed by atoms with Crippen molar-refractivity contribution in [3.8, 4) is 0 Å². The highest BCUT2D eigenvalue weighted by atomic mass is 32.2. The van der Waals surface area contributed by atoms with E-state index in [1.54, 1.807) is 12.1 Å². The molecule has 1 heterocycles. The van der Waals surface area contributed by atoms with Gasteiger partial charge in [0.2, 0.25) is 0 Å². The van der Waals surface area contributed by atoms with Crippen molar-refractivity contribution in [3.05, 3.63) is 35.4 Å². The SMILES string of the molecule is C[C@@H](NC(=O)c1ccc(C2SCCS2)cc1)C(=O)O. The summed E-state index contributed by atoms with van der Waals surface area (Å²) >= 11 is 3.82. The summed E-state index contributed by atoms with van der Waals surface area (Å²) in [5.74, 6) is 0.929. The van der Waals surface area contributed by atoms with E-state index in [2.05, 4.69) is 5.32 Å². The molecule has 0 bridgehead atoms. The van der Waals surface area contributed by atoms with Crippen molar-refractivity contribution >= 4 is 35.4 Å². The first-order valence-corrected chi connectivity index (χ1v) is 8.04. The first kappa shape index (κ1) is 14.3. The third-order valence-corrected chi connectivity index (χ3v) is 5.89. The van der Waals surface area contributed by atoms with Crippen molar-refractivity contribution in [2.75, 3.05) is 11.5 Å². The van der Waals surface area contributed by atoms with Crippen molar-refractivity contribution in [1.29, 1.82) is 0 Å². The van der Waals surface area contributed by atoms with Gasteiger partial charge in [0.25, 0.3) is 5.91 Å². The summed E-state index contributed by atoms with van der Waals surface area (Å²) in [5.41, 5.74) is 1.69. The molecule has 1 saturated heterocycles. The molecule has 0 radical (unpaired) electrons. The van der Waals surface area contributed by atoms with Crippen LogP contribution in [0.25, 0.3) is 0 Å². The molecule has 0 aliphatic carbocycles. The van der Waals surface area contributed by atoms with Crippen molar-refractivity contribution in [3.63, 3.8) is 0 Å². The molecule has 1 aromatic carbocycles. The summed E-state index contributed by atoms with van der Waals surface area (Å²) in [4.78, 5) is 22.5. The van der Waals surface area contributed by atoms with Gasteiger partial charge in [-0.05, 0) is 24.6 Å². The van der Waals surface area contributed by atoms with E-state index in [0.29, 0.717) is 10.1 Å². The molecule has 1 amide bonds. The van der Waals surface area contributed by atoms with Gasteiger partial charge in [-0.2, -0.15) is 0 Å². The van der Waals surface area contributed by atoms with Gasteiger partial charge in [0.1, 0.15) is 6.04 Å². The predicted molar refractivity (Wildman–Crippen MR) is 78.7 cm³/mol. The Morgan fingerprint density at radius 1 is 1.26 bits per heavy atom. The maximum absolute atomic E-state index is 11.8. The quantitative estimate of drug-likeness (QED) is 0.893. The molecule has 2 rings (SSSR count). The Hall–Kier alpha value is -1.14. The molecule has 1 fully saturated rings. The second kappa shape index (κ2) is 6.34. The van der Waals surface area contributed by atoms with E-state index in [9.17, 15) is 9.59 Å². The zero-order chi connectivity index (χ0) is 13.8. The Morgan fingerprint density at radius 2 is 1.84 bits per heavy atom. The average Bonchev–Trinajstić information content (AvgIpc) is 2.92. The summed E-state index contributed by atoms with van der Waals surface area (Å²) in [7, 11) is 0. The smallest absolute Gasteiger partial charge is 0.325 e. The van der Waals surface area contributed by atoms with Gasteiger partial charge >= 0.3 is 5.97 Å². The van der Waals surface area contributed by atoms with Gasteiger partial charge in [-0.15, -0.1) is 23.5 Å². The number of aliphatic carboxylic acids is 1. The van der Waals surface area contributed by atoms with Crippen LogP contribution in [-0.4, -0.2) is 34.5 Å². The molecule has 0 saturated carbocycles. The molecule has 19 heavy (non-hydrogen) atoms. The topological polar surface area (TPSA) is 66.4 Å². The highest BCUT2D eigenvalue weighted by Crippen LogP contribution is 2.45. The fraction of sp³-hybridized carbons (Fsp3) is 0.385. The van der Waals surface area contributed by atoms with Crippen LogP contribution in [0.3, 0.4) is 0 Å². The van der Waals surface area contributed by atoms with E-state index >= 15 is 0 Å². The van der Waals surface area contributed by atoms with Crippen LogP contribution in [0.1, 0.15) is 27.4 Å². The number of carboxylic acids is 1. The Morgan fingerprint density at radius 3 is 2.37 bits per heavy atom. The van der Waals surface area contributed by atoms with E-state index in [-0.39, 0.29) is 5.91 Å². The van der Waals surface area contributed by atoms with Crippen LogP contribution in [0.4, 0.5) is 0 Å². The van der Waals surface area contributed by atoms with Gasteiger partial charge in [0.15, 0.2) is 0 Å². The first-order valence-electron chi connectivity index (χ1n) is 5.95. The van der Waals surface area contributed by atoms with E-state index in [1.807, 2.05) is 35.7 Å². The molecule has 1 aliphatic heterocycles. The third-order valence-electron chi connectivity index (χ3n) is 2.78. The lowest BCUT2D eigenvalue weighted by molar-refractivity contribution is -0.138. The number of carbonyl (C=O) groups is 2. The van der Waals surface area contributed by atoms with Crippen LogP contribution < -0.4 is 5.32 Å². The normalized spacial score (nSPS) is 17.1. The Kier molecular flexibility index (Phi) is 4.76. The largest absolute Gasteiger partial charge is 0.480 e. The lowest BCUT2D eigenvalue weighted by Gasteiger charge is -2.11. The van der Waals surface area contributed by atoms with E-state index < -0.39 is 12.0 Å². The van der Waals surface area contributed by atoms with Crippen LogP contribution in [-0.2, 0) is 4.79 Å². The number of hydrogen-bond donors (Lipinski definition) is 2. The molecule has 2 N–H and O–H groups in total. The number of carbonyl (C=O) groups excluding carboxylic acids is 1. The maximum atomic E-state index is 11.8. The highest BCUT2D eigenvalue weighted by molar-refractivity contribution is 8.19. The number of hydrogen-bond acceptors (Lipinski definition) is 4. The number of amides is 1. The molecule has 0 unspecified atom stereocenters. The van der Waals surface area contributed by atoms with Gasteiger partial charge < -0.3 is 10.4 Å². The molecule has 0 spiro atoms. The summed E-state index contributed by atoms with van der Waals surface area (Å²) in [5, 5.41) is 11.2. The number of benzene rings is 1. The molecule has 4 nitrogen and oxygen atoms in total. The lowest BCUT2D eigenvalue weighted by atomic mass is 10.1. The summed E-state index contributed by atoms with van der Waals surface area (Å²) in [6.45, 7) is 1.44. The minimum absolute atomic E-state index is 0.354. The molecule has 1 atom stereocenters. The Balaban J connectivity index is 2.01. The van der Waals surface area contributed by atoms with Crippen LogP contribution in [0.15, 0.2) is 24.3 Å². The van der Waals surface area contributed by atoms with Gasteiger partial charge in [-0.1, -0.05) is 12.1 Å². The molecule has 0 aromatic heterocycles. The van der Waals surface area contributed by atoms with E-state index in [1.165, 1.54) is 12.5 Å². The van der Waals surface area contributed by atoms with E-state index in [0.717, 1.165) is 11.5 Å². The van der Waals surface area contributed by atoms with Crippen LogP contribution in [0.5, 0.6) is 0 Å². The number of rotatable bonds is 4. The monoisotopic (exact) mass is 297 g/mol. The molecular formula is C13H15NO3S2. The molecule has 1 aromatic rings. The summed E-state index contributed by atoms with van der Waals surface area (Å²) < 4.78 is 0.454. The highest BCUT2D eigenvalue weighted by Gasteiger charge is 2.19. The average molecular weight is 297 g/mol. The third kappa shape index (κ3) is 3.67. The number of thioether (sulfide) groups is 2. The fourth-order valence-electron chi connectivity index (χ4n) is 1.68. The zero-order valence-electron chi connectivity index (χ0n) is 10.5. The number of carboxylic acid groups (broad SMARTS) is 1. The number of nitrogens with one attached hydrogen (secondary N) is 1. The lowest BCUT2D eigenvalue weighted by Crippen LogP contribution is -2.38. The van der Waals surface area contributed by atoms with Crippen molar-refractivity contribution in [2.24, 2.45) is 0 Å². The standard InChI is InChI=1S/C13H15NO3S2/c1-8(12(16)17)14-11(15)9-2-4-10(5-3-9)13-18-6-7-19-13/h2-5,8,13H,6-7H2,1H3,(H,14,15)(H,16,17)/t8-/m1/s1. The first-order chi connectivity index (χ1) is 9.08. The molecule has 6 heteroatoms. The molecule has 102 valence electrons.